The predicted octanol–water partition coefficient (Wildman–Crippen LogP) is 2.05. The molecule has 7 heteroatoms. The molecule has 24 heavy (non-hydrogen) atoms. The van der Waals surface area contributed by atoms with Crippen molar-refractivity contribution in [3.63, 3.8) is 0 Å². The Morgan fingerprint density at radius 2 is 1.79 bits per heavy atom. The van der Waals surface area contributed by atoms with E-state index in [2.05, 4.69) is 10.6 Å². The molecule has 0 atom stereocenters. The first-order chi connectivity index (χ1) is 11.3. The van der Waals surface area contributed by atoms with Gasteiger partial charge in [0.1, 0.15) is 16.7 Å². The van der Waals surface area contributed by atoms with E-state index in [1.54, 1.807) is 45.0 Å². The molecule has 0 aliphatic carbocycles. The molecule has 2 rings (SSSR count). The first kappa shape index (κ1) is 17.5. The average molecular weight is 332 g/mol. The van der Waals surface area contributed by atoms with Crippen LogP contribution in [0.5, 0.6) is 0 Å². The SMILES string of the molecule is CC(C)(C)OC(=O)NCCNC(=O)c1cc2ccccc2oc1=O. The van der Waals surface area contributed by atoms with Crippen molar-refractivity contribution in [2.75, 3.05) is 13.1 Å². The van der Waals surface area contributed by atoms with Crippen LogP contribution in [0.1, 0.15) is 31.1 Å². The molecule has 2 aromatic rings. The maximum Gasteiger partial charge on any atom is 0.407 e. The van der Waals surface area contributed by atoms with Crippen LogP contribution in [-0.2, 0) is 4.74 Å². The van der Waals surface area contributed by atoms with Crippen LogP contribution in [0, 0.1) is 0 Å². The van der Waals surface area contributed by atoms with Gasteiger partial charge in [0, 0.05) is 18.5 Å². The fraction of sp³-hybridized carbons (Fsp3) is 0.353. The molecule has 7 nitrogen and oxygen atoms in total. The van der Waals surface area contributed by atoms with Crippen molar-refractivity contribution in [3.8, 4) is 0 Å². The first-order valence-electron chi connectivity index (χ1n) is 7.54. The van der Waals surface area contributed by atoms with Gasteiger partial charge >= 0.3 is 11.7 Å². The number of amides is 2. The Morgan fingerprint density at radius 3 is 2.50 bits per heavy atom. The molecule has 0 saturated heterocycles. The minimum absolute atomic E-state index is 0.0778. The maximum absolute atomic E-state index is 12.1. The molecule has 0 spiro atoms. The van der Waals surface area contributed by atoms with Crippen LogP contribution in [0.3, 0.4) is 0 Å². The van der Waals surface area contributed by atoms with Crippen molar-refractivity contribution in [1.82, 2.24) is 10.6 Å². The van der Waals surface area contributed by atoms with Crippen molar-refractivity contribution < 1.29 is 18.7 Å². The Morgan fingerprint density at radius 1 is 1.12 bits per heavy atom. The van der Waals surface area contributed by atoms with Crippen LogP contribution >= 0.6 is 0 Å². The number of rotatable bonds is 4. The number of ether oxygens (including phenoxy) is 1. The Balaban J connectivity index is 1.90. The Labute approximate surface area is 139 Å². The summed E-state index contributed by atoms with van der Waals surface area (Å²) in [7, 11) is 0. The molecule has 0 fully saturated rings. The van der Waals surface area contributed by atoms with Gasteiger partial charge in [-0.05, 0) is 32.9 Å². The number of nitrogens with one attached hydrogen (secondary N) is 2. The molecule has 0 radical (unpaired) electrons. The molecule has 0 unspecified atom stereocenters. The summed E-state index contributed by atoms with van der Waals surface area (Å²) in [5.74, 6) is -0.555. The van der Waals surface area contributed by atoms with Crippen molar-refractivity contribution in [2.45, 2.75) is 26.4 Å². The van der Waals surface area contributed by atoms with Crippen LogP contribution in [0.2, 0.25) is 0 Å². The van der Waals surface area contributed by atoms with E-state index in [-0.39, 0.29) is 18.7 Å². The van der Waals surface area contributed by atoms with E-state index in [4.69, 9.17) is 9.15 Å². The van der Waals surface area contributed by atoms with Gasteiger partial charge in [-0.15, -0.1) is 0 Å². The van der Waals surface area contributed by atoms with Crippen LogP contribution in [-0.4, -0.2) is 30.7 Å². The molecule has 2 N–H and O–H groups in total. The highest BCUT2D eigenvalue weighted by molar-refractivity contribution is 5.96. The van der Waals surface area contributed by atoms with Crippen molar-refractivity contribution >= 4 is 23.0 Å². The summed E-state index contributed by atoms with van der Waals surface area (Å²) < 4.78 is 10.2. The Kier molecular flexibility index (Phi) is 5.23. The quantitative estimate of drug-likeness (QED) is 0.659. The number of hydrogen-bond acceptors (Lipinski definition) is 5. The number of benzene rings is 1. The molecule has 1 heterocycles. The summed E-state index contributed by atoms with van der Waals surface area (Å²) >= 11 is 0. The van der Waals surface area contributed by atoms with Crippen molar-refractivity contribution in [3.05, 3.63) is 46.3 Å². The summed E-state index contributed by atoms with van der Waals surface area (Å²) in [5, 5.41) is 5.73. The van der Waals surface area contributed by atoms with Crippen LogP contribution in [0.4, 0.5) is 4.79 Å². The Bertz CT molecular complexity index is 804. The van der Waals surface area contributed by atoms with Gasteiger partial charge in [-0.25, -0.2) is 9.59 Å². The third-order valence-electron chi connectivity index (χ3n) is 2.96. The van der Waals surface area contributed by atoms with Crippen molar-refractivity contribution in [2.24, 2.45) is 0 Å². The molecule has 128 valence electrons. The zero-order valence-electron chi connectivity index (χ0n) is 13.8. The summed E-state index contributed by atoms with van der Waals surface area (Å²) in [5.41, 5.74) is -0.944. The summed E-state index contributed by atoms with van der Waals surface area (Å²) in [6.45, 7) is 5.61. The van der Waals surface area contributed by atoms with Crippen LogP contribution in [0.15, 0.2) is 39.5 Å². The van der Waals surface area contributed by atoms with Gasteiger partial charge in [0.2, 0.25) is 0 Å². The van der Waals surface area contributed by atoms with E-state index in [1.807, 2.05) is 0 Å². The maximum atomic E-state index is 12.1. The van der Waals surface area contributed by atoms with E-state index in [9.17, 15) is 14.4 Å². The topological polar surface area (TPSA) is 97.6 Å². The fourth-order valence-electron chi connectivity index (χ4n) is 1.97. The minimum Gasteiger partial charge on any atom is -0.444 e. The van der Waals surface area contributed by atoms with E-state index in [0.717, 1.165) is 0 Å². The molecular formula is C17H20N2O5. The zero-order chi connectivity index (χ0) is 17.7. The first-order valence-corrected chi connectivity index (χ1v) is 7.54. The van der Waals surface area contributed by atoms with E-state index in [0.29, 0.717) is 11.0 Å². The van der Waals surface area contributed by atoms with Crippen molar-refractivity contribution in [1.29, 1.82) is 0 Å². The van der Waals surface area contributed by atoms with Crippen LogP contribution in [0.25, 0.3) is 11.0 Å². The van der Waals surface area contributed by atoms with Gasteiger partial charge in [0.15, 0.2) is 0 Å². The molecule has 0 aliphatic heterocycles. The molecule has 2 amide bonds. The van der Waals surface area contributed by atoms with E-state index < -0.39 is 23.2 Å². The van der Waals surface area contributed by atoms with Gasteiger partial charge < -0.3 is 19.8 Å². The molecule has 1 aromatic heterocycles. The number of carbonyl (C=O) groups is 2. The second-order valence-corrected chi connectivity index (χ2v) is 6.17. The lowest BCUT2D eigenvalue weighted by molar-refractivity contribution is 0.0526. The number of alkyl carbamates (subject to hydrolysis) is 1. The number of carbonyl (C=O) groups excluding carboxylic acids is 2. The van der Waals surface area contributed by atoms with Gasteiger partial charge in [0.05, 0.1) is 0 Å². The summed E-state index contributed by atoms with van der Waals surface area (Å²) in [4.78, 5) is 35.4. The summed E-state index contributed by atoms with van der Waals surface area (Å²) in [6.07, 6.45) is -0.568. The number of hydrogen-bond donors (Lipinski definition) is 2. The standard InChI is InChI=1S/C17H20N2O5/c1-17(2,3)24-16(22)19-9-8-18-14(20)12-10-11-6-4-5-7-13(11)23-15(12)21/h4-7,10H,8-9H2,1-3H3,(H,18,20)(H,19,22). The van der Waals surface area contributed by atoms with Gasteiger partial charge in [-0.3, -0.25) is 4.79 Å². The lowest BCUT2D eigenvalue weighted by Gasteiger charge is -2.19. The third kappa shape index (κ3) is 4.84. The normalized spacial score (nSPS) is 11.1. The molecule has 1 aromatic carbocycles. The minimum atomic E-state index is -0.702. The highest BCUT2D eigenvalue weighted by Gasteiger charge is 2.16. The fourth-order valence-corrected chi connectivity index (χ4v) is 1.97. The van der Waals surface area contributed by atoms with Crippen LogP contribution < -0.4 is 16.3 Å². The Hall–Kier alpha value is -2.83. The highest BCUT2D eigenvalue weighted by Crippen LogP contribution is 2.12. The predicted molar refractivity (Wildman–Crippen MR) is 89.1 cm³/mol. The highest BCUT2D eigenvalue weighted by atomic mass is 16.6. The summed E-state index contributed by atoms with van der Waals surface area (Å²) in [6, 6.07) is 8.42. The van der Waals surface area contributed by atoms with E-state index in [1.165, 1.54) is 6.07 Å². The zero-order valence-corrected chi connectivity index (χ0v) is 13.8. The average Bonchev–Trinajstić information content (AvgIpc) is 2.49. The van der Waals surface area contributed by atoms with Gasteiger partial charge in [-0.2, -0.15) is 0 Å². The lowest BCUT2D eigenvalue weighted by atomic mass is 10.2. The molecule has 0 bridgehead atoms. The molecule has 0 saturated carbocycles. The van der Waals surface area contributed by atoms with Gasteiger partial charge in [-0.1, -0.05) is 18.2 Å². The number of fused-ring (bicyclic) bond motifs is 1. The largest absolute Gasteiger partial charge is 0.444 e. The second-order valence-electron chi connectivity index (χ2n) is 6.17. The van der Waals surface area contributed by atoms with Gasteiger partial charge in [0.25, 0.3) is 5.91 Å². The molecule has 0 aliphatic rings. The van der Waals surface area contributed by atoms with E-state index >= 15 is 0 Å². The third-order valence-corrected chi connectivity index (χ3v) is 2.96. The smallest absolute Gasteiger partial charge is 0.407 e. The lowest BCUT2D eigenvalue weighted by Crippen LogP contribution is -2.38. The number of para-hydroxylation sites is 1. The monoisotopic (exact) mass is 332 g/mol. The second kappa shape index (κ2) is 7.16. The molecular weight excluding hydrogens is 312 g/mol.